The van der Waals surface area contributed by atoms with E-state index in [0.29, 0.717) is 28.8 Å². The lowest BCUT2D eigenvalue weighted by molar-refractivity contribution is -0.153. The van der Waals surface area contributed by atoms with Gasteiger partial charge in [-0.25, -0.2) is 14.3 Å². The Morgan fingerprint density at radius 3 is 2.47 bits per heavy atom. The fourth-order valence-electron chi connectivity index (χ4n) is 3.71. The van der Waals surface area contributed by atoms with Crippen molar-refractivity contribution in [2.24, 2.45) is 0 Å². The Balaban J connectivity index is 1.70. The molecule has 0 aliphatic carbocycles. The van der Waals surface area contributed by atoms with Gasteiger partial charge in [-0.2, -0.15) is 13.2 Å². The number of halogens is 3. The lowest BCUT2D eigenvalue weighted by Crippen LogP contribution is -2.35. The van der Waals surface area contributed by atoms with Crippen LogP contribution in [-0.2, 0) is 16.6 Å². The second-order valence-electron chi connectivity index (χ2n) is 7.86. The number of carbonyl (C=O) groups is 1. The number of alkyl halides is 3. The van der Waals surface area contributed by atoms with E-state index in [2.05, 4.69) is 9.97 Å². The molecule has 0 spiro atoms. The number of pyridine rings is 1. The number of anilines is 1. The van der Waals surface area contributed by atoms with Crippen molar-refractivity contribution in [2.45, 2.75) is 30.9 Å². The first-order valence-corrected chi connectivity index (χ1v) is 12.4. The molecule has 0 N–H and O–H groups in total. The number of para-hydroxylation sites is 3. The van der Waals surface area contributed by atoms with Crippen LogP contribution in [0.3, 0.4) is 0 Å². The highest BCUT2D eigenvalue weighted by atomic mass is 32.2. The van der Waals surface area contributed by atoms with Crippen molar-refractivity contribution in [2.75, 3.05) is 18.1 Å². The summed E-state index contributed by atoms with van der Waals surface area (Å²) in [5, 5.41) is 0.0263. The van der Waals surface area contributed by atoms with E-state index in [1.807, 2.05) is 25.1 Å². The molecule has 1 atom stereocenters. The summed E-state index contributed by atoms with van der Waals surface area (Å²) in [6, 6.07) is 16.9. The molecule has 0 saturated carbocycles. The second-order valence-corrected chi connectivity index (χ2v) is 9.20. The number of aromatic nitrogens is 3. The third-order valence-corrected chi connectivity index (χ3v) is 6.67. The molecule has 36 heavy (non-hydrogen) atoms. The lowest BCUT2D eigenvalue weighted by Gasteiger charge is -2.22. The summed E-state index contributed by atoms with van der Waals surface area (Å²) in [5.41, 5.74) is 2.28. The first-order valence-electron chi connectivity index (χ1n) is 11.1. The molecule has 11 heteroatoms. The zero-order chi connectivity index (χ0) is 25.9. The van der Waals surface area contributed by atoms with Gasteiger partial charge in [0.15, 0.2) is 6.61 Å². The summed E-state index contributed by atoms with van der Waals surface area (Å²) in [4.78, 5) is 23.9. The Labute approximate surface area is 208 Å². The Bertz CT molecular complexity index is 1410. The number of carbonyl (C=O) groups excluding carboxylic acids is 1. The highest BCUT2D eigenvalue weighted by Gasteiger charge is 2.29. The minimum absolute atomic E-state index is 0.000130. The third kappa shape index (κ3) is 5.40. The van der Waals surface area contributed by atoms with E-state index in [1.54, 1.807) is 48.2 Å². The third-order valence-electron chi connectivity index (χ3n) is 5.46. The number of imidazole rings is 1. The number of hydrogen-bond acceptors (Lipinski definition) is 5. The van der Waals surface area contributed by atoms with Crippen molar-refractivity contribution >= 4 is 33.6 Å². The molecule has 188 valence electrons. The van der Waals surface area contributed by atoms with Crippen LogP contribution in [0.4, 0.5) is 23.7 Å². The summed E-state index contributed by atoms with van der Waals surface area (Å²) >= 11 is 0. The maximum atomic E-state index is 13.7. The SMILES string of the molecule is CCN(C(=O)n1c([S@](=O)Cc2nccc(OCC(F)(F)F)c2C)nc2ccccc21)c1ccccc1. The van der Waals surface area contributed by atoms with E-state index in [9.17, 15) is 22.2 Å². The molecule has 2 aromatic carbocycles. The topological polar surface area (TPSA) is 77.3 Å². The average Bonchev–Trinajstić information content (AvgIpc) is 3.25. The van der Waals surface area contributed by atoms with E-state index in [0.717, 1.165) is 0 Å². The predicted molar refractivity (Wildman–Crippen MR) is 131 cm³/mol. The fourth-order valence-corrected chi connectivity index (χ4v) is 4.96. The molecular weight excluding hydrogens is 493 g/mol. The fraction of sp³-hybridized carbons (Fsp3) is 0.240. The van der Waals surface area contributed by atoms with Gasteiger partial charge >= 0.3 is 12.2 Å². The highest BCUT2D eigenvalue weighted by Crippen LogP contribution is 2.27. The standard InChI is InChI=1S/C25H23F3N4O3S/c1-3-31(18-9-5-4-6-10-18)24(33)32-21-12-8-7-11-19(21)30-23(32)36(34)15-20-17(2)22(13-14-29-20)35-16-25(26,27)28/h4-14H,3,15-16H2,1-2H3/t36-/m1/s1. The lowest BCUT2D eigenvalue weighted by atomic mass is 10.2. The van der Waals surface area contributed by atoms with Gasteiger partial charge in [0.05, 0.1) is 33.3 Å². The van der Waals surface area contributed by atoms with Gasteiger partial charge in [0.25, 0.3) is 0 Å². The number of rotatable bonds is 7. The van der Waals surface area contributed by atoms with Crippen LogP contribution in [0.2, 0.25) is 0 Å². The number of amides is 1. The van der Waals surface area contributed by atoms with Gasteiger partial charge in [-0.1, -0.05) is 30.3 Å². The van der Waals surface area contributed by atoms with Crippen LogP contribution in [0.1, 0.15) is 18.2 Å². The van der Waals surface area contributed by atoms with Gasteiger partial charge in [0.1, 0.15) is 5.75 Å². The Morgan fingerprint density at radius 2 is 1.78 bits per heavy atom. The van der Waals surface area contributed by atoms with Gasteiger partial charge in [-0.3, -0.25) is 14.1 Å². The zero-order valence-electron chi connectivity index (χ0n) is 19.5. The largest absolute Gasteiger partial charge is 0.484 e. The van der Waals surface area contributed by atoms with Gasteiger partial charge < -0.3 is 4.74 Å². The minimum Gasteiger partial charge on any atom is -0.484 e. The number of ether oxygens (including phenoxy) is 1. The van der Waals surface area contributed by atoms with Crippen LogP contribution in [0.25, 0.3) is 11.0 Å². The van der Waals surface area contributed by atoms with Crippen LogP contribution in [-0.4, -0.2) is 44.1 Å². The van der Waals surface area contributed by atoms with Crippen molar-refractivity contribution < 1.29 is 26.9 Å². The van der Waals surface area contributed by atoms with Crippen LogP contribution in [0.5, 0.6) is 5.75 Å². The van der Waals surface area contributed by atoms with Gasteiger partial charge in [-0.15, -0.1) is 0 Å². The molecule has 2 heterocycles. The second kappa shape index (κ2) is 10.5. The van der Waals surface area contributed by atoms with Gasteiger partial charge in [0, 0.05) is 24.0 Å². The summed E-state index contributed by atoms with van der Waals surface area (Å²) in [5.74, 6) is -0.163. The normalized spacial score (nSPS) is 12.5. The Morgan fingerprint density at radius 1 is 1.08 bits per heavy atom. The monoisotopic (exact) mass is 516 g/mol. The first kappa shape index (κ1) is 25.4. The summed E-state index contributed by atoms with van der Waals surface area (Å²) in [6.07, 6.45) is -3.19. The van der Waals surface area contributed by atoms with Crippen LogP contribution >= 0.6 is 0 Å². The molecule has 1 amide bonds. The zero-order valence-corrected chi connectivity index (χ0v) is 20.3. The number of benzene rings is 2. The molecule has 4 aromatic rings. The maximum Gasteiger partial charge on any atom is 0.422 e. The van der Waals surface area contributed by atoms with Crippen molar-refractivity contribution in [3.05, 3.63) is 78.1 Å². The molecule has 0 radical (unpaired) electrons. The molecule has 2 aromatic heterocycles. The van der Waals surface area contributed by atoms with E-state index in [1.165, 1.54) is 16.8 Å². The molecule has 0 fully saturated rings. The molecule has 0 aliphatic rings. The highest BCUT2D eigenvalue weighted by molar-refractivity contribution is 7.84. The molecule has 0 unspecified atom stereocenters. The molecule has 0 aliphatic heterocycles. The first-order chi connectivity index (χ1) is 17.2. The van der Waals surface area contributed by atoms with Crippen LogP contribution < -0.4 is 9.64 Å². The molecule has 0 bridgehead atoms. The maximum absolute atomic E-state index is 13.7. The Kier molecular flexibility index (Phi) is 7.39. The quantitative estimate of drug-likeness (QED) is 0.325. The van der Waals surface area contributed by atoms with Crippen molar-refractivity contribution in [3.8, 4) is 5.75 Å². The number of fused-ring (bicyclic) bond motifs is 1. The van der Waals surface area contributed by atoms with E-state index < -0.39 is 29.6 Å². The smallest absolute Gasteiger partial charge is 0.422 e. The van der Waals surface area contributed by atoms with Gasteiger partial charge in [0.2, 0.25) is 5.16 Å². The average molecular weight is 517 g/mol. The molecule has 0 saturated heterocycles. The number of hydrogen-bond donors (Lipinski definition) is 0. The van der Waals surface area contributed by atoms with E-state index >= 15 is 0 Å². The van der Waals surface area contributed by atoms with E-state index in [-0.39, 0.29) is 22.4 Å². The number of nitrogens with zero attached hydrogens (tertiary/aromatic N) is 4. The summed E-state index contributed by atoms with van der Waals surface area (Å²) in [6.45, 7) is 2.30. The minimum atomic E-state index is -4.49. The summed E-state index contributed by atoms with van der Waals surface area (Å²) in [7, 11) is -1.85. The Hall–Kier alpha value is -3.73. The summed E-state index contributed by atoms with van der Waals surface area (Å²) < 4.78 is 57.6. The van der Waals surface area contributed by atoms with Gasteiger partial charge in [-0.05, 0) is 44.2 Å². The van der Waals surface area contributed by atoms with Crippen LogP contribution in [0.15, 0.2) is 72.0 Å². The molecule has 7 nitrogen and oxygen atoms in total. The van der Waals surface area contributed by atoms with E-state index in [4.69, 9.17) is 4.74 Å². The molecular formula is C25H23F3N4O3S. The molecule has 4 rings (SSSR count). The van der Waals surface area contributed by atoms with Crippen molar-refractivity contribution in [1.29, 1.82) is 0 Å². The van der Waals surface area contributed by atoms with Crippen molar-refractivity contribution in [1.82, 2.24) is 14.5 Å². The van der Waals surface area contributed by atoms with Crippen molar-refractivity contribution in [3.63, 3.8) is 0 Å². The predicted octanol–water partition coefficient (Wildman–Crippen LogP) is 5.48. The van der Waals surface area contributed by atoms with Crippen LogP contribution in [0, 0.1) is 6.92 Å².